The monoisotopic (exact) mass is 355 g/mol. The largest absolute Gasteiger partial charge is 0.493 e. The first kappa shape index (κ1) is 18.7. The van der Waals surface area contributed by atoms with Crippen LogP contribution in [0.4, 0.5) is 0 Å². The molecule has 1 aromatic heterocycles. The van der Waals surface area contributed by atoms with E-state index in [2.05, 4.69) is 34.4 Å². The van der Waals surface area contributed by atoms with Crippen molar-refractivity contribution in [2.45, 2.75) is 26.0 Å². The molecule has 0 amide bonds. The lowest BCUT2D eigenvalue weighted by molar-refractivity contribution is 0.206. The fourth-order valence-electron chi connectivity index (χ4n) is 3.45. The van der Waals surface area contributed by atoms with E-state index < -0.39 is 0 Å². The Morgan fingerprint density at radius 1 is 1.23 bits per heavy atom. The standard InChI is InChI=1S/C21H29N3O2/c1-24-10-4-6-18(15-24)13-23-12-17-7-8-20(25-2)21(11-17)26-16-19-5-3-9-22-14-19/h3,5,7-9,11,14,18,23H,4,6,10,12-13,15-16H2,1-2H3. The van der Waals surface area contributed by atoms with E-state index in [1.165, 1.54) is 31.5 Å². The van der Waals surface area contributed by atoms with Crippen LogP contribution in [-0.4, -0.2) is 43.7 Å². The van der Waals surface area contributed by atoms with Crippen molar-refractivity contribution in [3.8, 4) is 11.5 Å². The van der Waals surface area contributed by atoms with Gasteiger partial charge in [-0.2, -0.15) is 0 Å². The number of hydrogen-bond donors (Lipinski definition) is 1. The van der Waals surface area contributed by atoms with Gasteiger partial charge in [-0.25, -0.2) is 0 Å². The maximum absolute atomic E-state index is 5.97. The highest BCUT2D eigenvalue weighted by molar-refractivity contribution is 5.43. The van der Waals surface area contributed by atoms with Gasteiger partial charge in [0, 0.05) is 31.0 Å². The number of methoxy groups -OCH3 is 1. The molecule has 0 saturated carbocycles. The molecular weight excluding hydrogens is 326 g/mol. The normalized spacial score (nSPS) is 17.8. The molecule has 0 radical (unpaired) electrons. The van der Waals surface area contributed by atoms with Gasteiger partial charge in [0.25, 0.3) is 0 Å². The molecule has 0 bridgehead atoms. The number of pyridine rings is 1. The Kier molecular flexibility index (Phi) is 6.86. The predicted octanol–water partition coefficient (Wildman–Crippen LogP) is 3.10. The van der Waals surface area contributed by atoms with Crippen LogP contribution in [0.1, 0.15) is 24.0 Å². The van der Waals surface area contributed by atoms with Crippen LogP contribution in [0.3, 0.4) is 0 Å². The minimum Gasteiger partial charge on any atom is -0.493 e. The lowest BCUT2D eigenvalue weighted by atomic mass is 9.98. The average molecular weight is 355 g/mol. The number of ether oxygens (including phenoxy) is 2. The molecule has 140 valence electrons. The zero-order valence-electron chi connectivity index (χ0n) is 15.8. The number of piperidine rings is 1. The van der Waals surface area contributed by atoms with Crippen LogP contribution < -0.4 is 14.8 Å². The van der Waals surface area contributed by atoms with Gasteiger partial charge in [0.2, 0.25) is 0 Å². The third kappa shape index (κ3) is 5.44. The van der Waals surface area contributed by atoms with Crippen LogP contribution >= 0.6 is 0 Å². The molecule has 1 aromatic carbocycles. The number of aromatic nitrogens is 1. The smallest absolute Gasteiger partial charge is 0.161 e. The van der Waals surface area contributed by atoms with Gasteiger partial charge in [0.05, 0.1) is 7.11 Å². The van der Waals surface area contributed by atoms with Crippen molar-refractivity contribution >= 4 is 0 Å². The Bertz CT molecular complexity index is 678. The minimum atomic E-state index is 0.482. The van der Waals surface area contributed by atoms with E-state index in [0.29, 0.717) is 6.61 Å². The summed E-state index contributed by atoms with van der Waals surface area (Å²) in [5, 5.41) is 3.60. The van der Waals surface area contributed by atoms with Crippen molar-refractivity contribution in [1.29, 1.82) is 0 Å². The third-order valence-electron chi connectivity index (χ3n) is 4.83. The van der Waals surface area contributed by atoms with Gasteiger partial charge in [-0.1, -0.05) is 12.1 Å². The summed E-state index contributed by atoms with van der Waals surface area (Å²) in [6.07, 6.45) is 6.21. The minimum absolute atomic E-state index is 0.482. The van der Waals surface area contributed by atoms with E-state index in [0.717, 1.165) is 36.1 Å². The summed E-state index contributed by atoms with van der Waals surface area (Å²) in [4.78, 5) is 6.55. The Hall–Kier alpha value is -2.11. The highest BCUT2D eigenvalue weighted by atomic mass is 16.5. The second kappa shape index (κ2) is 9.55. The molecule has 2 heterocycles. The van der Waals surface area contributed by atoms with Crippen molar-refractivity contribution in [3.63, 3.8) is 0 Å². The van der Waals surface area contributed by atoms with Crippen LogP contribution in [0, 0.1) is 5.92 Å². The number of benzene rings is 1. The van der Waals surface area contributed by atoms with Crippen LogP contribution in [0.25, 0.3) is 0 Å². The van der Waals surface area contributed by atoms with E-state index in [4.69, 9.17) is 9.47 Å². The zero-order valence-corrected chi connectivity index (χ0v) is 15.8. The van der Waals surface area contributed by atoms with Crippen molar-refractivity contribution in [3.05, 3.63) is 53.9 Å². The quantitative estimate of drug-likeness (QED) is 0.788. The van der Waals surface area contributed by atoms with E-state index in [9.17, 15) is 0 Å². The average Bonchev–Trinajstić information content (AvgIpc) is 2.67. The molecule has 0 aliphatic carbocycles. The predicted molar refractivity (Wildman–Crippen MR) is 103 cm³/mol. The molecule has 1 N–H and O–H groups in total. The molecule has 1 atom stereocenters. The summed E-state index contributed by atoms with van der Waals surface area (Å²) in [5.74, 6) is 2.27. The topological polar surface area (TPSA) is 46.6 Å². The number of hydrogen-bond acceptors (Lipinski definition) is 5. The van der Waals surface area contributed by atoms with Gasteiger partial charge < -0.3 is 19.7 Å². The Morgan fingerprint density at radius 3 is 2.92 bits per heavy atom. The van der Waals surface area contributed by atoms with Gasteiger partial charge in [0.1, 0.15) is 6.61 Å². The maximum Gasteiger partial charge on any atom is 0.161 e. The van der Waals surface area contributed by atoms with E-state index in [1.807, 2.05) is 24.4 Å². The molecule has 1 aliphatic rings. The molecule has 5 nitrogen and oxygen atoms in total. The summed E-state index contributed by atoms with van der Waals surface area (Å²) >= 11 is 0. The highest BCUT2D eigenvalue weighted by Crippen LogP contribution is 2.29. The Balaban J connectivity index is 1.54. The van der Waals surface area contributed by atoms with Crippen LogP contribution in [0.5, 0.6) is 11.5 Å². The number of rotatable bonds is 8. The van der Waals surface area contributed by atoms with Gasteiger partial charge >= 0.3 is 0 Å². The number of likely N-dealkylation sites (tertiary alicyclic amines) is 1. The van der Waals surface area contributed by atoms with Crippen molar-refractivity contribution in [2.75, 3.05) is 33.8 Å². The van der Waals surface area contributed by atoms with E-state index in [-0.39, 0.29) is 0 Å². The summed E-state index contributed by atoms with van der Waals surface area (Å²) in [6.45, 7) is 4.80. The SMILES string of the molecule is COc1ccc(CNCC2CCCN(C)C2)cc1OCc1cccnc1. The molecule has 1 aliphatic heterocycles. The van der Waals surface area contributed by atoms with Gasteiger partial charge in [-0.3, -0.25) is 4.98 Å². The molecule has 1 fully saturated rings. The molecule has 1 saturated heterocycles. The van der Waals surface area contributed by atoms with E-state index in [1.54, 1.807) is 13.3 Å². The molecule has 26 heavy (non-hydrogen) atoms. The fraction of sp³-hybridized carbons (Fsp3) is 0.476. The Labute approximate surface area is 156 Å². The summed E-state index contributed by atoms with van der Waals surface area (Å²) in [6, 6.07) is 10.1. The number of nitrogens with zero attached hydrogens (tertiary/aromatic N) is 2. The molecule has 2 aromatic rings. The summed E-state index contributed by atoms with van der Waals surface area (Å²) < 4.78 is 11.4. The van der Waals surface area contributed by atoms with E-state index >= 15 is 0 Å². The highest BCUT2D eigenvalue weighted by Gasteiger charge is 2.16. The first-order chi connectivity index (χ1) is 12.7. The van der Waals surface area contributed by atoms with Gasteiger partial charge in [-0.05, 0) is 62.7 Å². The van der Waals surface area contributed by atoms with Crippen molar-refractivity contribution in [2.24, 2.45) is 5.92 Å². The third-order valence-corrected chi connectivity index (χ3v) is 4.83. The number of nitrogens with one attached hydrogen (secondary N) is 1. The van der Waals surface area contributed by atoms with Crippen LogP contribution in [0.15, 0.2) is 42.7 Å². The fourth-order valence-corrected chi connectivity index (χ4v) is 3.45. The lowest BCUT2D eigenvalue weighted by Crippen LogP contribution is -2.37. The van der Waals surface area contributed by atoms with Crippen LogP contribution in [-0.2, 0) is 13.2 Å². The summed E-state index contributed by atoms with van der Waals surface area (Å²) in [5.41, 5.74) is 2.25. The molecule has 0 spiro atoms. The molecule has 3 rings (SSSR count). The first-order valence-corrected chi connectivity index (χ1v) is 9.32. The Morgan fingerprint density at radius 2 is 2.15 bits per heavy atom. The van der Waals surface area contributed by atoms with Crippen molar-refractivity contribution in [1.82, 2.24) is 15.2 Å². The zero-order chi connectivity index (χ0) is 18.2. The molecular formula is C21H29N3O2. The second-order valence-electron chi connectivity index (χ2n) is 7.04. The first-order valence-electron chi connectivity index (χ1n) is 9.32. The molecule has 5 heteroatoms. The second-order valence-corrected chi connectivity index (χ2v) is 7.04. The molecule has 1 unspecified atom stereocenters. The maximum atomic E-state index is 5.97. The van der Waals surface area contributed by atoms with Gasteiger partial charge in [0.15, 0.2) is 11.5 Å². The summed E-state index contributed by atoms with van der Waals surface area (Å²) in [7, 11) is 3.88. The van der Waals surface area contributed by atoms with Crippen LogP contribution in [0.2, 0.25) is 0 Å². The van der Waals surface area contributed by atoms with Gasteiger partial charge in [-0.15, -0.1) is 0 Å². The lowest BCUT2D eigenvalue weighted by Gasteiger charge is -2.29. The van der Waals surface area contributed by atoms with Crippen molar-refractivity contribution < 1.29 is 9.47 Å².